The number of fused-ring (bicyclic) bond motifs is 3. The van der Waals surface area contributed by atoms with Gasteiger partial charge in [0.15, 0.2) is 0 Å². The lowest BCUT2D eigenvalue weighted by Crippen LogP contribution is -2.32. The quantitative estimate of drug-likeness (QED) is 0.565. The molecule has 6 nitrogen and oxygen atoms in total. The van der Waals surface area contributed by atoms with E-state index in [1.807, 2.05) is 42.6 Å². The molecule has 4 heterocycles. The zero-order valence-electron chi connectivity index (χ0n) is 16.5. The summed E-state index contributed by atoms with van der Waals surface area (Å²) in [5.74, 6) is -0.280. The second-order valence-corrected chi connectivity index (χ2v) is 9.16. The summed E-state index contributed by atoms with van der Waals surface area (Å²) in [6.07, 6.45) is -0.445. The van der Waals surface area contributed by atoms with Crippen LogP contribution in [0.1, 0.15) is 34.6 Å². The molecule has 30 heavy (non-hydrogen) atoms. The zero-order valence-corrected chi connectivity index (χ0v) is 18.2. The number of benzene rings is 1. The Kier molecular flexibility index (Phi) is 4.83. The average Bonchev–Trinajstić information content (AvgIpc) is 3.50. The van der Waals surface area contributed by atoms with Crippen LogP contribution in [0, 0.1) is 12.8 Å². The molecule has 0 radical (unpaired) electrons. The molecule has 1 fully saturated rings. The molecule has 2 aliphatic heterocycles. The summed E-state index contributed by atoms with van der Waals surface area (Å²) in [6, 6.07) is 9.53. The predicted molar refractivity (Wildman–Crippen MR) is 115 cm³/mol. The number of nitrogens with zero attached hydrogens (tertiary/aromatic N) is 2. The molecular weight excluding hydrogens is 420 g/mol. The molecule has 1 amide bonds. The molecule has 154 valence electrons. The van der Waals surface area contributed by atoms with Gasteiger partial charge in [0.05, 0.1) is 17.5 Å². The molecule has 1 saturated heterocycles. The summed E-state index contributed by atoms with van der Waals surface area (Å²) < 4.78 is 11.5. The molecule has 5 rings (SSSR count). The van der Waals surface area contributed by atoms with E-state index in [1.54, 1.807) is 28.5 Å². The van der Waals surface area contributed by atoms with Gasteiger partial charge in [0.1, 0.15) is 28.5 Å². The minimum atomic E-state index is -0.527. The lowest BCUT2D eigenvalue weighted by molar-refractivity contribution is -0.149. The van der Waals surface area contributed by atoms with Crippen molar-refractivity contribution in [2.24, 2.45) is 5.92 Å². The van der Waals surface area contributed by atoms with Crippen LogP contribution in [-0.4, -0.2) is 41.0 Å². The Balaban J connectivity index is 1.50. The summed E-state index contributed by atoms with van der Waals surface area (Å²) in [6.45, 7) is 4.30. The number of para-hydroxylation sites is 1. The Morgan fingerprint density at radius 3 is 2.90 bits per heavy atom. The van der Waals surface area contributed by atoms with E-state index >= 15 is 0 Å². The Morgan fingerprint density at radius 1 is 1.27 bits per heavy atom. The van der Waals surface area contributed by atoms with Crippen molar-refractivity contribution in [3.8, 4) is 15.6 Å². The third-order valence-electron chi connectivity index (χ3n) is 5.56. The fourth-order valence-electron chi connectivity index (χ4n) is 4.22. The SMILES string of the molecule is CCOC(=O)[C@@H]1CN(C(=O)c2csc(-c3cccs3)n2)[C@H]2c3cccc(C)c3O[C@@H]12. The maximum absolute atomic E-state index is 13.5. The van der Waals surface area contributed by atoms with Gasteiger partial charge in [0, 0.05) is 17.5 Å². The highest BCUT2D eigenvalue weighted by atomic mass is 32.1. The van der Waals surface area contributed by atoms with Crippen molar-refractivity contribution in [2.75, 3.05) is 13.2 Å². The molecule has 0 saturated carbocycles. The van der Waals surface area contributed by atoms with E-state index in [1.165, 1.54) is 11.3 Å². The topological polar surface area (TPSA) is 68.7 Å². The van der Waals surface area contributed by atoms with Crippen LogP contribution < -0.4 is 4.74 Å². The maximum Gasteiger partial charge on any atom is 0.314 e. The van der Waals surface area contributed by atoms with Crippen LogP contribution in [0.15, 0.2) is 41.1 Å². The molecule has 2 aromatic heterocycles. The van der Waals surface area contributed by atoms with E-state index in [4.69, 9.17) is 9.47 Å². The molecule has 0 unspecified atom stereocenters. The van der Waals surface area contributed by atoms with Crippen molar-refractivity contribution in [3.05, 3.63) is 57.9 Å². The molecular formula is C22H20N2O4S2. The number of ether oxygens (including phenoxy) is 2. The molecule has 3 aromatic rings. The fourth-order valence-corrected chi connectivity index (χ4v) is 5.83. The molecule has 0 aliphatic carbocycles. The molecule has 2 aliphatic rings. The molecule has 3 atom stereocenters. The highest BCUT2D eigenvalue weighted by Crippen LogP contribution is 2.49. The third-order valence-corrected chi connectivity index (χ3v) is 7.44. The molecule has 0 spiro atoms. The number of amides is 1. The highest BCUT2D eigenvalue weighted by Gasteiger charge is 2.54. The van der Waals surface area contributed by atoms with Crippen molar-refractivity contribution in [2.45, 2.75) is 26.0 Å². The van der Waals surface area contributed by atoms with E-state index in [0.29, 0.717) is 12.3 Å². The van der Waals surface area contributed by atoms with Crippen LogP contribution in [0.5, 0.6) is 5.75 Å². The number of likely N-dealkylation sites (tertiary alicyclic amines) is 1. The van der Waals surface area contributed by atoms with Gasteiger partial charge in [-0.05, 0) is 30.9 Å². The molecule has 1 aromatic carbocycles. The second-order valence-electron chi connectivity index (χ2n) is 7.35. The largest absolute Gasteiger partial charge is 0.486 e. The van der Waals surface area contributed by atoms with Crippen molar-refractivity contribution < 1.29 is 19.1 Å². The van der Waals surface area contributed by atoms with E-state index in [2.05, 4.69) is 4.98 Å². The van der Waals surface area contributed by atoms with Crippen LogP contribution >= 0.6 is 22.7 Å². The second kappa shape index (κ2) is 7.52. The number of carbonyl (C=O) groups is 2. The van der Waals surface area contributed by atoms with E-state index < -0.39 is 12.0 Å². The summed E-state index contributed by atoms with van der Waals surface area (Å²) in [5.41, 5.74) is 2.33. The van der Waals surface area contributed by atoms with Gasteiger partial charge >= 0.3 is 5.97 Å². The number of hydrogen-bond acceptors (Lipinski definition) is 7. The van der Waals surface area contributed by atoms with Crippen molar-refractivity contribution in [3.63, 3.8) is 0 Å². The van der Waals surface area contributed by atoms with Gasteiger partial charge < -0.3 is 14.4 Å². The molecule has 0 N–H and O–H groups in total. The first-order valence-electron chi connectivity index (χ1n) is 9.81. The lowest BCUT2D eigenvalue weighted by Gasteiger charge is -2.22. The van der Waals surface area contributed by atoms with Gasteiger partial charge in [-0.1, -0.05) is 24.3 Å². The monoisotopic (exact) mass is 440 g/mol. The number of rotatable bonds is 4. The Morgan fingerprint density at radius 2 is 2.13 bits per heavy atom. The van der Waals surface area contributed by atoms with Crippen molar-refractivity contribution in [1.82, 2.24) is 9.88 Å². The maximum atomic E-state index is 13.5. The smallest absolute Gasteiger partial charge is 0.314 e. The van der Waals surface area contributed by atoms with Crippen molar-refractivity contribution in [1.29, 1.82) is 0 Å². The van der Waals surface area contributed by atoms with Crippen LogP contribution in [0.4, 0.5) is 0 Å². The standard InChI is InChI=1S/C22H20N2O4S2/c1-3-27-22(26)14-10-24(17-13-7-4-6-12(2)18(13)28-19(14)17)21(25)15-11-30-20(23-15)16-8-5-9-29-16/h4-9,11,14,17,19H,3,10H2,1-2H3/t14-,17+,19+/m1/s1. The Labute approximate surface area is 182 Å². The van der Waals surface area contributed by atoms with Gasteiger partial charge in [-0.15, -0.1) is 22.7 Å². The number of esters is 1. The summed E-state index contributed by atoms with van der Waals surface area (Å²) in [7, 11) is 0. The van der Waals surface area contributed by atoms with Gasteiger partial charge in [0.2, 0.25) is 0 Å². The number of thiophene rings is 1. The predicted octanol–water partition coefficient (Wildman–Crippen LogP) is 4.32. The van der Waals surface area contributed by atoms with Crippen LogP contribution in [0.2, 0.25) is 0 Å². The number of hydrogen-bond donors (Lipinski definition) is 0. The van der Waals surface area contributed by atoms with Crippen LogP contribution in [-0.2, 0) is 9.53 Å². The lowest BCUT2D eigenvalue weighted by atomic mass is 9.98. The number of aryl methyl sites for hydroxylation is 1. The summed E-state index contributed by atoms with van der Waals surface area (Å²) in [4.78, 5) is 33.4. The van der Waals surface area contributed by atoms with Gasteiger partial charge in [0.25, 0.3) is 5.91 Å². The van der Waals surface area contributed by atoms with Crippen LogP contribution in [0.25, 0.3) is 9.88 Å². The summed E-state index contributed by atoms with van der Waals surface area (Å²) in [5, 5.41) is 4.60. The fraction of sp³-hybridized carbons (Fsp3) is 0.318. The Bertz CT molecular complexity index is 1110. The van der Waals surface area contributed by atoms with Gasteiger partial charge in [-0.25, -0.2) is 4.98 Å². The van der Waals surface area contributed by atoms with Gasteiger partial charge in [-0.3, -0.25) is 9.59 Å². The third kappa shape index (κ3) is 3.02. The van der Waals surface area contributed by atoms with Crippen molar-refractivity contribution >= 4 is 34.6 Å². The summed E-state index contributed by atoms with van der Waals surface area (Å²) >= 11 is 3.04. The van der Waals surface area contributed by atoms with E-state index in [0.717, 1.165) is 26.8 Å². The first-order chi connectivity index (χ1) is 14.6. The van der Waals surface area contributed by atoms with Crippen LogP contribution in [0.3, 0.4) is 0 Å². The zero-order chi connectivity index (χ0) is 20.8. The van der Waals surface area contributed by atoms with E-state index in [-0.39, 0.29) is 24.5 Å². The molecule has 0 bridgehead atoms. The first kappa shape index (κ1) is 19.3. The molecule has 8 heteroatoms. The average molecular weight is 441 g/mol. The van der Waals surface area contributed by atoms with Gasteiger partial charge in [-0.2, -0.15) is 0 Å². The minimum Gasteiger partial charge on any atom is -0.486 e. The Hall–Kier alpha value is -2.71. The normalized spacial score (nSPS) is 21.8. The van der Waals surface area contributed by atoms with E-state index in [9.17, 15) is 9.59 Å². The number of carbonyl (C=O) groups excluding carboxylic acids is 2. The minimum absolute atomic E-state index is 0.186. The highest BCUT2D eigenvalue weighted by molar-refractivity contribution is 7.20. The number of aromatic nitrogens is 1. The number of thiazole rings is 1. The first-order valence-corrected chi connectivity index (χ1v) is 11.6.